The highest BCUT2D eigenvalue weighted by atomic mass is 35.5. The second kappa shape index (κ2) is 8.25. The van der Waals surface area contributed by atoms with Gasteiger partial charge in [-0.2, -0.15) is 0 Å². The van der Waals surface area contributed by atoms with Crippen molar-refractivity contribution in [2.45, 2.75) is 19.4 Å². The smallest absolute Gasteiger partial charge is 0.254 e. The highest BCUT2D eigenvalue weighted by Gasteiger charge is 2.24. The number of carbonyl (C=O) groups excluding carboxylic acids is 1. The van der Waals surface area contributed by atoms with Crippen molar-refractivity contribution < 1.29 is 9.53 Å². The van der Waals surface area contributed by atoms with Crippen molar-refractivity contribution in [3.63, 3.8) is 0 Å². The molecular weight excluding hydrogens is 276 g/mol. The maximum Gasteiger partial charge on any atom is 0.254 e. The Hall–Kier alpha value is -1.10. The summed E-state index contributed by atoms with van der Waals surface area (Å²) >= 11 is 0. The molecule has 1 aliphatic heterocycles. The van der Waals surface area contributed by atoms with Crippen molar-refractivity contribution in [3.05, 3.63) is 35.4 Å². The number of nitrogens with two attached hydrogens (primary N) is 1. The average Bonchev–Trinajstić information content (AvgIpc) is 2.47. The Bertz CT molecular complexity index is 432. The summed E-state index contributed by atoms with van der Waals surface area (Å²) in [7, 11) is 1.65. The van der Waals surface area contributed by atoms with Gasteiger partial charge in [-0.25, -0.2) is 0 Å². The summed E-state index contributed by atoms with van der Waals surface area (Å²) in [6.07, 6.45) is 2.02. The molecule has 1 aliphatic rings. The minimum absolute atomic E-state index is 0. The van der Waals surface area contributed by atoms with E-state index in [0.717, 1.165) is 43.6 Å². The number of hydrogen-bond donors (Lipinski definition) is 1. The molecule has 0 radical (unpaired) electrons. The molecule has 112 valence electrons. The number of ether oxygens (including phenoxy) is 1. The molecule has 1 amide bonds. The molecule has 1 aromatic rings. The Balaban J connectivity index is 0.00000200. The van der Waals surface area contributed by atoms with Crippen LogP contribution in [0, 0.1) is 5.92 Å². The molecule has 0 saturated carbocycles. The van der Waals surface area contributed by atoms with Crippen LogP contribution in [0.15, 0.2) is 24.3 Å². The Labute approximate surface area is 126 Å². The minimum atomic E-state index is 0. The average molecular weight is 299 g/mol. The molecule has 0 aromatic heterocycles. The van der Waals surface area contributed by atoms with Crippen LogP contribution < -0.4 is 5.73 Å². The molecule has 1 aromatic carbocycles. The van der Waals surface area contributed by atoms with E-state index in [0.29, 0.717) is 12.5 Å². The molecule has 1 heterocycles. The second-order valence-electron chi connectivity index (χ2n) is 5.06. The number of likely N-dealkylation sites (tertiary alicyclic amines) is 1. The third-order valence-electron chi connectivity index (χ3n) is 3.78. The van der Waals surface area contributed by atoms with Gasteiger partial charge in [0.05, 0.1) is 6.61 Å². The van der Waals surface area contributed by atoms with Gasteiger partial charge in [0.15, 0.2) is 0 Å². The van der Waals surface area contributed by atoms with E-state index < -0.39 is 0 Å². The predicted octanol–water partition coefficient (Wildman–Crippen LogP) is 2.07. The van der Waals surface area contributed by atoms with E-state index >= 15 is 0 Å². The lowest BCUT2D eigenvalue weighted by atomic mass is 9.96. The molecule has 0 bridgehead atoms. The minimum Gasteiger partial charge on any atom is -0.380 e. The van der Waals surface area contributed by atoms with Gasteiger partial charge in [0.25, 0.3) is 5.91 Å². The van der Waals surface area contributed by atoms with Gasteiger partial charge in [0.1, 0.15) is 0 Å². The van der Waals surface area contributed by atoms with E-state index in [-0.39, 0.29) is 18.3 Å². The molecule has 4 nitrogen and oxygen atoms in total. The molecule has 0 atom stereocenters. The monoisotopic (exact) mass is 298 g/mol. The Morgan fingerprint density at radius 1 is 1.35 bits per heavy atom. The van der Waals surface area contributed by atoms with Crippen LogP contribution in [0.1, 0.15) is 28.8 Å². The van der Waals surface area contributed by atoms with Crippen LogP contribution in [0.4, 0.5) is 0 Å². The van der Waals surface area contributed by atoms with Crippen LogP contribution in [0.3, 0.4) is 0 Å². The number of piperidine rings is 1. The van der Waals surface area contributed by atoms with Gasteiger partial charge in [-0.05, 0) is 36.9 Å². The Kier molecular flexibility index (Phi) is 6.99. The summed E-state index contributed by atoms with van der Waals surface area (Å²) in [4.78, 5) is 14.5. The van der Waals surface area contributed by atoms with Crippen LogP contribution in [0.5, 0.6) is 0 Å². The zero-order valence-electron chi connectivity index (χ0n) is 11.9. The lowest BCUT2D eigenvalue weighted by Gasteiger charge is -2.31. The summed E-state index contributed by atoms with van der Waals surface area (Å²) in [6.45, 7) is 2.81. The molecule has 1 fully saturated rings. The number of hydrogen-bond acceptors (Lipinski definition) is 3. The van der Waals surface area contributed by atoms with Gasteiger partial charge in [0.2, 0.25) is 0 Å². The topological polar surface area (TPSA) is 55.6 Å². The lowest BCUT2D eigenvalue weighted by Crippen LogP contribution is -2.40. The number of rotatable bonds is 4. The van der Waals surface area contributed by atoms with Gasteiger partial charge in [0, 0.05) is 25.8 Å². The second-order valence-corrected chi connectivity index (χ2v) is 5.06. The van der Waals surface area contributed by atoms with Crippen LogP contribution in [-0.2, 0) is 11.3 Å². The van der Waals surface area contributed by atoms with Gasteiger partial charge >= 0.3 is 0 Å². The maximum atomic E-state index is 12.5. The molecule has 0 spiro atoms. The third kappa shape index (κ3) is 3.95. The first-order chi connectivity index (χ1) is 9.26. The quantitative estimate of drug-likeness (QED) is 0.926. The van der Waals surface area contributed by atoms with E-state index in [9.17, 15) is 4.79 Å². The SMILES string of the molecule is COCc1ccccc1C(=O)N1CCC(CN)CC1.Cl. The van der Waals surface area contributed by atoms with Gasteiger partial charge in [-0.1, -0.05) is 18.2 Å². The summed E-state index contributed by atoms with van der Waals surface area (Å²) in [5.74, 6) is 0.682. The fraction of sp³-hybridized carbons (Fsp3) is 0.533. The number of methoxy groups -OCH3 is 1. The Morgan fingerprint density at radius 3 is 2.60 bits per heavy atom. The normalized spacial score (nSPS) is 15.8. The zero-order valence-corrected chi connectivity index (χ0v) is 12.7. The number of carbonyl (C=O) groups is 1. The molecule has 1 saturated heterocycles. The van der Waals surface area contributed by atoms with Gasteiger partial charge < -0.3 is 15.4 Å². The first kappa shape index (κ1) is 17.0. The summed E-state index contributed by atoms with van der Waals surface area (Å²) < 4.78 is 5.15. The number of amides is 1. The van der Waals surface area contributed by atoms with E-state index in [4.69, 9.17) is 10.5 Å². The van der Waals surface area contributed by atoms with Crippen LogP contribution in [0.2, 0.25) is 0 Å². The van der Waals surface area contributed by atoms with Crippen molar-refractivity contribution in [2.75, 3.05) is 26.7 Å². The van der Waals surface area contributed by atoms with Crippen molar-refractivity contribution in [2.24, 2.45) is 11.7 Å². The number of nitrogens with zero attached hydrogens (tertiary/aromatic N) is 1. The molecule has 2 rings (SSSR count). The van der Waals surface area contributed by atoms with Crippen LogP contribution in [0.25, 0.3) is 0 Å². The first-order valence-electron chi connectivity index (χ1n) is 6.82. The van der Waals surface area contributed by atoms with Gasteiger partial charge in [-0.3, -0.25) is 4.79 Å². The molecule has 2 N–H and O–H groups in total. The molecular formula is C15H23ClN2O2. The molecule has 20 heavy (non-hydrogen) atoms. The predicted molar refractivity (Wildman–Crippen MR) is 82.1 cm³/mol. The third-order valence-corrected chi connectivity index (χ3v) is 3.78. The number of halogens is 1. The highest BCUT2D eigenvalue weighted by Crippen LogP contribution is 2.19. The van der Waals surface area contributed by atoms with E-state index in [1.807, 2.05) is 29.2 Å². The van der Waals surface area contributed by atoms with E-state index in [1.165, 1.54) is 0 Å². The highest BCUT2D eigenvalue weighted by molar-refractivity contribution is 5.95. The molecule has 5 heteroatoms. The van der Waals surface area contributed by atoms with E-state index in [1.54, 1.807) is 7.11 Å². The molecule has 0 aliphatic carbocycles. The van der Waals surface area contributed by atoms with Crippen molar-refractivity contribution >= 4 is 18.3 Å². The van der Waals surface area contributed by atoms with Crippen molar-refractivity contribution in [1.82, 2.24) is 4.90 Å². The first-order valence-corrected chi connectivity index (χ1v) is 6.82. The standard InChI is InChI=1S/C15H22N2O2.ClH/c1-19-11-13-4-2-3-5-14(13)15(18)17-8-6-12(10-16)7-9-17;/h2-5,12H,6-11,16H2,1H3;1H. The maximum absolute atomic E-state index is 12.5. The van der Waals surface area contributed by atoms with E-state index in [2.05, 4.69) is 0 Å². The summed E-state index contributed by atoms with van der Waals surface area (Å²) in [5.41, 5.74) is 7.39. The summed E-state index contributed by atoms with van der Waals surface area (Å²) in [6, 6.07) is 7.67. The van der Waals surface area contributed by atoms with Crippen LogP contribution in [-0.4, -0.2) is 37.6 Å². The van der Waals surface area contributed by atoms with Crippen molar-refractivity contribution in [1.29, 1.82) is 0 Å². The molecule has 0 unspecified atom stereocenters. The zero-order chi connectivity index (χ0) is 13.7. The number of benzene rings is 1. The lowest BCUT2D eigenvalue weighted by molar-refractivity contribution is 0.0688. The van der Waals surface area contributed by atoms with Crippen LogP contribution >= 0.6 is 12.4 Å². The largest absolute Gasteiger partial charge is 0.380 e. The fourth-order valence-electron chi connectivity index (χ4n) is 2.55. The Morgan fingerprint density at radius 2 is 2.00 bits per heavy atom. The fourth-order valence-corrected chi connectivity index (χ4v) is 2.55. The van der Waals surface area contributed by atoms with Crippen molar-refractivity contribution in [3.8, 4) is 0 Å². The summed E-state index contributed by atoms with van der Waals surface area (Å²) in [5, 5.41) is 0. The van der Waals surface area contributed by atoms with Gasteiger partial charge in [-0.15, -0.1) is 12.4 Å².